The molecule has 0 atom stereocenters. The summed E-state index contributed by atoms with van der Waals surface area (Å²) in [6, 6.07) is 4.01. The maximum absolute atomic E-state index is 4.65. The SMILES string of the molecule is Cc1ncc2c(n1)CCCC=C2c1ccc2nccn2n1. The van der Waals surface area contributed by atoms with Gasteiger partial charge in [0.15, 0.2) is 5.65 Å². The molecule has 0 saturated carbocycles. The molecule has 3 aromatic rings. The van der Waals surface area contributed by atoms with Crippen LogP contribution in [-0.4, -0.2) is 24.6 Å². The summed E-state index contributed by atoms with van der Waals surface area (Å²) in [5.41, 5.74) is 5.14. The van der Waals surface area contributed by atoms with Crippen molar-refractivity contribution in [1.82, 2.24) is 24.6 Å². The van der Waals surface area contributed by atoms with Gasteiger partial charge in [-0.25, -0.2) is 19.5 Å². The molecule has 3 aromatic heterocycles. The van der Waals surface area contributed by atoms with E-state index in [4.69, 9.17) is 0 Å². The number of allylic oxidation sites excluding steroid dienone is 1. The van der Waals surface area contributed by atoms with Crippen molar-refractivity contribution in [3.63, 3.8) is 0 Å². The molecule has 0 spiro atoms. The second-order valence-corrected chi connectivity index (χ2v) is 5.24. The number of hydrogen-bond donors (Lipinski definition) is 0. The largest absolute Gasteiger partial charge is 0.241 e. The number of nitrogens with zero attached hydrogens (tertiary/aromatic N) is 5. The quantitative estimate of drug-likeness (QED) is 0.686. The summed E-state index contributed by atoms with van der Waals surface area (Å²) in [6.45, 7) is 1.93. The molecule has 0 radical (unpaired) electrons. The molecule has 4 rings (SSSR count). The van der Waals surface area contributed by atoms with Crippen LogP contribution >= 0.6 is 0 Å². The maximum Gasteiger partial charge on any atom is 0.153 e. The Morgan fingerprint density at radius 3 is 3.10 bits per heavy atom. The molecule has 1 aliphatic carbocycles. The monoisotopic (exact) mass is 277 g/mol. The lowest BCUT2D eigenvalue weighted by Gasteiger charge is -2.10. The Morgan fingerprint density at radius 2 is 2.14 bits per heavy atom. The summed E-state index contributed by atoms with van der Waals surface area (Å²) < 4.78 is 1.80. The topological polar surface area (TPSA) is 56.0 Å². The van der Waals surface area contributed by atoms with Crippen LogP contribution in [0, 0.1) is 6.92 Å². The predicted octanol–water partition coefficient (Wildman–Crippen LogP) is 2.60. The molecule has 0 unspecified atom stereocenters. The summed E-state index contributed by atoms with van der Waals surface area (Å²) in [5, 5.41) is 4.65. The van der Waals surface area contributed by atoms with Gasteiger partial charge in [-0.15, -0.1) is 0 Å². The molecule has 0 fully saturated rings. The lowest BCUT2D eigenvalue weighted by Crippen LogP contribution is -2.03. The van der Waals surface area contributed by atoms with Gasteiger partial charge in [0.2, 0.25) is 0 Å². The number of hydrogen-bond acceptors (Lipinski definition) is 4. The van der Waals surface area contributed by atoms with Crippen LogP contribution in [0.2, 0.25) is 0 Å². The van der Waals surface area contributed by atoms with Crippen LogP contribution in [-0.2, 0) is 6.42 Å². The molecule has 5 nitrogen and oxygen atoms in total. The molecule has 0 aromatic carbocycles. The van der Waals surface area contributed by atoms with Crippen LogP contribution < -0.4 is 0 Å². The summed E-state index contributed by atoms with van der Waals surface area (Å²) in [4.78, 5) is 13.2. The smallest absolute Gasteiger partial charge is 0.153 e. The Bertz CT molecular complexity index is 847. The van der Waals surface area contributed by atoms with E-state index in [1.807, 2.05) is 31.5 Å². The molecule has 21 heavy (non-hydrogen) atoms. The van der Waals surface area contributed by atoms with Gasteiger partial charge >= 0.3 is 0 Å². The first-order chi connectivity index (χ1) is 10.3. The molecule has 0 aliphatic heterocycles. The summed E-state index contributed by atoms with van der Waals surface area (Å²) >= 11 is 0. The second-order valence-electron chi connectivity index (χ2n) is 5.24. The number of aromatic nitrogens is 5. The van der Waals surface area contributed by atoms with Crippen LogP contribution in [0.4, 0.5) is 0 Å². The number of imidazole rings is 1. The lowest BCUT2D eigenvalue weighted by atomic mass is 10.0. The first-order valence-corrected chi connectivity index (χ1v) is 7.15. The fourth-order valence-electron chi connectivity index (χ4n) is 2.76. The van der Waals surface area contributed by atoms with E-state index in [2.05, 4.69) is 26.1 Å². The molecular weight excluding hydrogens is 262 g/mol. The molecule has 3 heterocycles. The fourth-order valence-corrected chi connectivity index (χ4v) is 2.76. The summed E-state index contributed by atoms with van der Waals surface area (Å²) in [6.07, 6.45) is 10.9. The van der Waals surface area contributed by atoms with Gasteiger partial charge in [-0.2, -0.15) is 5.10 Å². The molecular formula is C16H15N5. The van der Waals surface area contributed by atoms with E-state index >= 15 is 0 Å². The van der Waals surface area contributed by atoms with Gasteiger partial charge in [0, 0.05) is 29.7 Å². The van der Waals surface area contributed by atoms with E-state index in [0.717, 1.165) is 53.3 Å². The highest BCUT2D eigenvalue weighted by Gasteiger charge is 2.16. The van der Waals surface area contributed by atoms with Crippen molar-refractivity contribution in [2.45, 2.75) is 26.2 Å². The summed E-state index contributed by atoms with van der Waals surface area (Å²) in [5.74, 6) is 0.827. The van der Waals surface area contributed by atoms with E-state index < -0.39 is 0 Å². The Labute approximate surface area is 122 Å². The normalized spacial score (nSPS) is 14.6. The molecule has 0 N–H and O–H groups in total. The van der Waals surface area contributed by atoms with Crippen LogP contribution in [0.25, 0.3) is 11.2 Å². The Hall–Kier alpha value is -2.56. The van der Waals surface area contributed by atoms with Crippen molar-refractivity contribution in [1.29, 1.82) is 0 Å². The number of rotatable bonds is 1. The molecule has 0 saturated heterocycles. The van der Waals surface area contributed by atoms with Gasteiger partial charge in [0.05, 0.1) is 11.4 Å². The van der Waals surface area contributed by atoms with Crippen molar-refractivity contribution >= 4 is 11.2 Å². The zero-order valence-corrected chi connectivity index (χ0v) is 11.8. The van der Waals surface area contributed by atoms with E-state index in [1.165, 1.54) is 0 Å². The van der Waals surface area contributed by atoms with Crippen molar-refractivity contribution < 1.29 is 0 Å². The number of fused-ring (bicyclic) bond motifs is 2. The van der Waals surface area contributed by atoms with Crippen LogP contribution in [0.1, 0.15) is 35.6 Å². The highest BCUT2D eigenvalue weighted by atomic mass is 15.2. The van der Waals surface area contributed by atoms with Gasteiger partial charge in [-0.3, -0.25) is 0 Å². The number of aryl methyl sites for hydroxylation is 2. The van der Waals surface area contributed by atoms with E-state index in [-0.39, 0.29) is 0 Å². The molecule has 5 heteroatoms. The van der Waals surface area contributed by atoms with Gasteiger partial charge < -0.3 is 0 Å². The Morgan fingerprint density at radius 1 is 1.19 bits per heavy atom. The third-order valence-corrected chi connectivity index (χ3v) is 3.78. The van der Waals surface area contributed by atoms with Crippen molar-refractivity contribution in [2.24, 2.45) is 0 Å². The minimum atomic E-state index is 0.827. The summed E-state index contributed by atoms with van der Waals surface area (Å²) in [7, 11) is 0. The Kier molecular flexibility index (Phi) is 2.77. The van der Waals surface area contributed by atoms with E-state index in [1.54, 1.807) is 10.7 Å². The van der Waals surface area contributed by atoms with Crippen molar-refractivity contribution in [2.75, 3.05) is 0 Å². The van der Waals surface area contributed by atoms with Crippen LogP contribution in [0.15, 0.2) is 36.8 Å². The van der Waals surface area contributed by atoms with Crippen LogP contribution in [0.3, 0.4) is 0 Å². The van der Waals surface area contributed by atoms with E-state index in [9.17, 15) is 0 Å². The highest BCUT2D eigenvalue weighted by Crippen LogP contribution is 2.28. The van der Waals surface area contributed by atoms with E-state index in [0.29, 0.717) is 0 Å². The first kappa shape index (κ1) is 12.2. The molecule has 104 valence electrons. The maximum atomic E-state index is 4.65. The third-order valence-electron chi connectivity index (χ3n) is 3.78. The zero-order chi connectivity index (χ0) is 14.2. The zero-order valence-electron chi connectivity index (χ0n) is 11.8. The molecule has 0 bridgehead atoms. The highest BCUT2D eigenvalue weighted by molar-refractivity contribution is 5.79. The Balaban J connectivity index is 1.89. The van der Waals surface area contributed by atoms with Gasteiger partial charge in [-0.05, 0) is 38.3 Å². The predicted molar refractivity (Wildman–Crippen MR) is 79.8 cm³/mol. The fraction of sp³-hybridized carbons (Fsp3) is 0.250. The van der Waals surface area contributed by atoms with Crippen molar-refractivity contribution in [3.05, 3.63) is 59.6 Å². The van der Waals surface area contributed by atoms with Gasteiger partial charge in [0.25, 0.3) is 0 Å². The second kappa shape index (κ2) is 4.77. The lowest BCUT2D eigenvalue weighted by molar-refractivity contribution is 0.812. The third kappa shape index (κ3) is 2.11. The standard InChI is InChI=1S/C16H15N5/c1-11-18-10-13-12(4-2-3-5-14(13)19-11)15-6-7-16-17-8-9-21(16)20-15/h4,6-10H,2-3,5H2,1H3. The minimum absolute atomic E-state index is 0.827. The minimum Gasteiger partial charge on any atom is -0.241 e. The van der Waals surface area contributed by atoms with Crippen LogP contribution in [0.5, 0.6) is 0 Å². The first-order valence-electron chi connectivity index (χ1n) is 7.15. The van der Waals surface area contributed by atoms with Gasteiger partial charge in [0.1, 0.15) is 5.82 Å². The van der Waals surface area contributed by atoms with Gasteiger partial charge in [-0.1, -0.05) is 6.08 Å². The molecule has 1 aliphatic rings. The van der Waals surface area contributed by atoms with Crippen molar-refractivity contribution in [3.8, 4) is 0 Å². The average molecular weight is 277 g/mol. The average Bonchev–Trinajstić information content (AvgIpc) is 2.86. The molecule has 0 amide bonds.